The van der Waals surface area contributed by atoms with Gasteiger partial charge in [-0.2, -0.15) is 13.2 Å². The Hall–Kier alpha value is -1.63. The molecule has 0 radical (unpaired) electrons. The van der Waals surface area contributed by atoms with E-state index in [4.69, 9.17) is 0 Å². The summed E-state index contributed by atoms with van der Waals surface area (Å²) in [6, 6.07) is 2.15. The molecular weight excluding hydrogens is 271 g/mol. The quantitative estimate of drug-likeness (QED) is 0.920. The van der Waals surface area contributed by atoms with Crippen LogP contribution in [0.15, 0.2) is 18.3 Å². The highest BCUT2D eigenvalue weighted by Gasteiger charge is 2.33. The SMILES string of the molecule is CCCN(C(=O)c1ccc(C(F)(F)F)nc1)C1CNC1. The minimum Gasteiger partial charge on any atom is -0.333 e. The Bertz CT molecular complexity index is 469. The van der Waals surface area contributed by atoms with E-state index in [-0.39, 0.29) is 17.5 Å². The molecular formula is C13H16F3N3O. The van der Waals surface area contributed by atoms with Crippen LogP contribution < -0.4 is 5.32 Å². The van der Waals surface area contributed by atoms with E-state index in [0.717, 1.165) is 31.8 Å². The number of nitrogens with zero attached hydrogens (tertiary/aromatic N) is 2. The summed E-state index contributed by atoms with van der Waals surface area (Å²) in [4.78, 5) is 17.3. The Kier molecular flexibility index (Phi) is 4.27. The van der Waals surface area contributed by atoms with Crippen molar-refractivity contribution in [3.8, 4) is 0 Å². The Labute approximate surface area is 115 Å². The molecule has 1 fully saturated rings. The lowest BCUT2D eigenvalue weighted by molar-refractivity contribution is -0.141. The van der Waals surface area contributed by atoms with Crippen molar-refractivity contribution in [2.45, 2.75) is 25.6 Å². The number of halogens is 3. The van der Waals surface area contributed by atoms with Gasteiger partial charge in [0.25, 0.3) is 5.91 Å². The van der Waals surface area contributed by atoms with Crippen molar-refractivity contribution < 1.29 is 18.0 Å². The highest BCUT2D eigenvalue weighted by Crippen LogP contribution is 2.27. The lowest BCUT2D eigenvalue weighted by Gasteiger charge is -2.38. The van der Waals surface area contributed by atoms with Crippen LogP contribution in [0.25, 0.3) is 0 Å². The molecule has 110 valence electrons. The van der Waals surface area contributed by atoms with Crippen LogP contribution >= 0.6 is 0 Å². The number of alkyl halides is 3. The van der Waals surface area contributed by atoms with Crippen molar-refractivity contribution in [3.63, 3.8) is 0 Å². The molecule has 1 amide bonds. The zero-order chi connectivity index (χ0) is 14.8. The minimum absolute atomic E-state index is 0.116. The summed E-state index contributed by atoms with van der Waals surface area (Å²) in [5.41, 5.74) is -0.792. The molecule has 0 aliphatic carbocycles. The standard InChI is InChI=1S/C13H16F3N3O/c1-2-5-19(10-7-17-8-10)12(20)9-3-4-11(18-6-9)13(14,15)16/h3-4,6,10,17H,2,5,7-8H2,1H3. The second-order valence-corrected chi connectivity index (χ2v) is 4.74. The predicted molar refractivity (Wildman–Crippen MR) is 67.2 cm³/mol. The van der Waals surface area contributed by atoms with E-state index in [1.54, 1.807) is 4.90 Å². The number of aromatic nitrogens is 1. The van der Waals surface area contributed by atoms with Crippen LogP contribution in [0, 0.1) is 0 Å². The molecule has 0 atom stereocenters. The van der Waals surface area contributed by atoms with E-state index in [1.807, 2.05) is 6.92 Å². The van der Waals surface area contributed by atoms with Crippen LogP contribution in [0.3, 0.4) is 0 Å². The van der Waals surface area contributed by atoms with Crippen LogP contribution in [0.1, 0.15) is 29.4 Å². The van der Waals surface area contributed by atoms with E-state index in [1.165, 1.54) is 6.07 Å². The molecule has 4 nitrogen and oxygen atoms in total. The Morgan fingerprint density at radius 1 is 1.45 bits per heavy atom. The van der Waals surface area contributed by atoms with Gasteiger partial charge in [-0.05, 0) is 18.6 Å². The van der Waals surface area contributed by atoms with Crippen molar-refractivity contribution in [3.05, 3.63) is 29.6 Å². The summed E-state index contributed by atoms with van der Waals surface area (Å²) in [5, 5.41) is 3.08. The fourth-order valence-corrected chi connectivity index (χ4v) is 2.04. The molecule has 0 saturated carbocycles. The first kappa shape index (κ1) is 14.8. The van der Waals surface area contributed by atoms with Gasteiger partial charge in [0.1, 0.15) is 5.69 Å². The molecule has 0 spiro atoms. The summed E-state index contributed by atoms with van der Waals surface area (Å²) in [6.07, 6.45) is -2.68. The summed E-state index contributed by atoms with van der Waals surface area (Å²) in [5.74, 6) is -0.264. The molecule has 1 aliphatic rings. The molecule has 1 aromatic heterocycles. The number of carbonyl (C=O) groups excluding carboxylic acids is 1. The lowest BCUT2D eigenvalue weighted by atomic mass is 10.1. The van der Waals surface area contributed by atoms with E-state index in [2.05, 4.69) is 10.3 Å². The van der Waals surface area contributed by atoms with Crippen molar-refractivity contribution >= 4 is 5.91 Å². The smallest absolute Gasteiger partial charge is 0.333 e. The molecule has 0 aromatic carbocycles. The third kappa shape index (κ3) is 3.09. The van der Waals surface area contributed by atoms with Crippen molar-refractivity contribution in [1.82, 2.24) is 15.2 Å². The average molecular weight is 287 g/mol. The molecule has 1 saturated heterocycles. The van der Waals surface area contributed by atoms with E-state index >= 15 is 0 Å². The van der Waals surface area contributed by atoms with Gasteiger partial charge in [-0.25, -0.2) is 0 Å². The fourth-order valence-electron chi connectivity index (χ4n) is 2.04. The number of pyridine rings is 1. The molecule has 1 aromatic rings. The maximum atomic E-state index is 12.4. The predicted octanol–water partition coefficient (Wildman–Crippen LogP) is 1.92. The van der Waals surface area contributed by atoms with E-state index in [0.29, 0.717) is 6.54 Å². The van der Waals surface area contributed by atoms with Gasteiger partial charge in [0.05, 0.1) is 11.6 Å². The highest BCUT2D eigenvalue weighted by molar-refractivity contribution is 5.94. The molecule has 0 bridgehead atoms. The lowest BCUT2D eigenvalue weighted by Crippen LogP contribution is -2.59. The number of hydrogen-bond acceptors (Lipinski definition) is 3. The van der Waals surface area contributed by atoms with Gasteiger partial charge in [0.15, 0.2) is 0 Å². The van der Waals surface area contributed by atoms with Crippen LogP contribution in [0.4, 0.5) is 13.2 Å². The zero-order valence-electron chi connectivity index (χ0n) is 11.1. The molecule has 7 heteroatoms. The largest absolute Gasteiger partial charge is 0.433 e. The first-order valence-electron chi connectivity index (χ1n) is 6.48. The number of hydrogen-bond donors (Lipinski definition) is 1. The average Bonchev–Trinajstić information content (AvgIpc) is 2.34. The Balaban J connectivity index is 2.14. The van der Waals surface area contributed by atoms with Gasteiger partial charge in [-0.15, -0.1) is 0 Å². The monoisotopic (exact) mass is 287 g/mol. The van der Waals surface area contributed by atoms with Crippen LogP contribution in [0.5, 0.6) is 0 Å². The third-order valence-corrected chi connectivity index (χ3v) is 3.23. The molecule has 1 aliphatic heterocycles. The Morgan fingerprint density at radius 3 is 2.55 bits per heavy atom. The molecule has 20 heavy (non-hydrogen) atoms. The van der Waals surface area contributed by atoms with Crippen LogP contribution in [0.2, 0.25) is 0 Å². The van der Waals surface area contributed by atoms with Gasteiger partial charge in [0.2, 0.25) is 0 Å². The molecule has 2 heterocycles. The van der Waals surface area contributed by atoms with E-state index in [9.17, 15) is 18.0 Å². The van der Waals surface area contributed by atoms with Gasteiger partial charge in [0, 0.05) is 25.8 Å². The number of rotatable bonds is 4. The van der Waals surface area contributed by atoms with Crippen molar-refractivity contribution in [1.29, 1.82) is 0 Å². The minimum atomic E-state index is -4.48. The van der Waals surface area contributed by atoms with Crippen molar-refractivity contribution in [2.24, 2.45) is 0 Å². The fraction of sp³-hybridized carbons (Fsp3) is 0.538. The van der Waals surface area contributed by atoms with Gasteiger partial charge in [-0.1, -0.05) is 6.92 Å². The summed E-state index contributed by atoms with van der Waals surface area (Å²) in [7, 11) is 0. The zero-order valence-corrected chi connectivity index (χ0v) is 11.1. The van der Waals surface area contributed by atoms with Gasteiger partial charge in [-0.3, -0.25) is 9.78 Å². The molecule has 0 unspecified atom stereocenters. The van der Waals surface area contributed by atoms with Crippen molar-refractivity contribution in [2.75, 3.05) is 19.6 Å². The highest BCUT2D eigenvalue weighted by atomic mass is 19.4. The summed E-state index contributed by atoms with van der Waals surface area (Å²) >= 11 is 0. The molecule has 1 N–H and O–H groups in total. The van der Waals surface area contributed by atoms with Crippen LogP contribution in [-0.2, 0) is 6.18 Å². The second kappa shape index (κ2) is 5.78. The maximum Gasteiger partial charge on any atom is 0.433 e. The molecule has 2 rings (SSSR count). The number of amides is 1. The summed E-state index contributed by atoms with van der Waals surface area (Å²) < 4.78 is 37.3. The maximum absolute atomic E-state index is 12.4. The second-order valence-electron chi connectivity index (χ2n) is 4.74. The summed E-state index contributed by atoms with van der Waals surface area (Å²) in [6.45, 7) is 3.99. The third-order valence-electron chi connectivity index (χ3n) is 3.23. The number of nitrogens with one attached hydrogen (secondary N) is 1. The normalized spacial score (nSPS) is 15.8. The first-order valence-corrected chi connectivity index (χ1v) is 6.48. The number of carbonyl (C=O) groups is 1. The van der Waals surface area contributed by atoms with Gasteiger partial charge >= 0.3 is 6.18 Å². The van der Waals surface area contributed by atoms with E-state index < -0.39 is 11.9 Å². The Morgan fingerprint density at radius 2 is 2.15 bits per heavy atom. The topological polar surface area (TPSA) is 45.2 Å². The van der Waals surface area contributed by atoms with Crippen LogP contribution in [-0.4, -0.2) is 41.5 Å². The van der Waals surface area contributed by atoms with Gasteiger partial charge < -0.3 is 10.2 Å². The first-order chi connectivity index (χ1) is 9.43.